The molecule has 1 aliphatic heterocycles. The highest BCUT2D eigenvalue weighted by Crippen LogP contribution is 2.16. The molecule has 1 aliphatic rings. The van der Waals surface area contributed by atoms with Crippen molar-refractivity contribution in [2.24, 2.45) is 0 Å². The van der Waals surface area contributed by atoms with E-state index in [1.54, 1.807) is 6.07 Å². The largest absolute Gasteiger partial charge is 0.285 e. The maximum absolute atomic E-state index is 13.5. The predicted octanol–water partition coefficient (Wildman–Crippen LogP) is 2.72. The minimum absolute atomic E-state index is 0.0740. The molecule has 1 N–H and O–H groups in total. The summed E-state index contributed by atoms with van der Waals surface area (Å²) in [6.07, 6.45) is 3.33. The molecule has 0 unspecified atom stereocenters. The van der Waals surface area contributed by atoms with Crippen molar-refractivity contribution >= 4 is 21.8 Å². The molecular formula is C12H14BrFN2O. The fraction of sp³-hybridized carbons (Fsp3) is 0.417. The van der Waals surface area contributed by atoms with Crippen LogP contribution in [0.4, 0.5) is 4.39 Å². The molecule has 0 bridgehead atoms. The second-order valence-electron chi connectivity index (χ2n) is 4.11. The highest BCUT2D eigenvalue weighted by Gasteiger charge is 2.16. The van der Waals surface area contributed by atoms with Gasteiger partial charge in [0.1, 0.15) is 5.82 Å². The van der Waals surface area contributed by atoms with Gasteiger partial charge in [-0.3, -0.25) is 10.2 Å². The number of amides is 1. The third kappa shape index (κ3) is 3.26. The molecule has 1 saturated heterocycles. The Morgan fingerprint density at radius 3 is 2.71 bits per heavy atom. The number of hydrazine groups is 1. The lowest BCUT2D eigenvalue weighted by molar-refractivity contribution is 0.0746. The summed E-state index contributed by atoms with van der Waals surface area (Å²) in [6, 6.07) is 4.36. The Kier molecular flexibility index (Phi) is 4.12. The average molecular weight is 301 g/mol. The molecule has 1 fully saturated rings. The van der Waals surface area contributed by atoms with Crippen LogP contribution in [-0.4, -0.2) is 24.0 Å². The van der Waals surface area contributed by atoms with Gasteiger partial charge in [-0.2, -0.15) is 0 Å². The Balaban J connectivity index is 2.05. The topological polar surface area (TPSA) is 32.3 Å². The van der Waals surface area contributed by atoms with Crippen LogP contribution < -0.4 is 5.43 Å². The van der Waals surface area contributed by atoms with E-state index in [1.165, 1.54) is 18.6 Å². The van der Waals surface area contributed by atoms with E-state index in [4.69, 9.17) is 0 Å². The van der Waals surface area contributed by atoms with Crippen LogP contribution in [0, 0.1) is 5.82 Å². The first-order chi connectivity index (χ1) is 8.16. The number of benzene rings is 1. The van der Waals surface area contributed by atoms with E-state index in [2.05, 4.69) is 21.4 Å². The molecule has 0 spiro atoms. The number of nitrogens with one attached hydrogen (secondary N) is 1. The Morgan fingerprint density at radius 2 is 2.00 bits per heavy atom. The summed E-state index contributed by atoms with van der Waals surface area (Å²) in [4.78, 5) is 11.9. The lowest BCUT2D eigenvalue weighted by atomic mass is 10.1. The molecule has 2 rings (SSSR count). The first-order valence-corrected chi connectivity index (χ1v) is 6.47. The third-order valence-electron chi connectivity index (χ3n) is 2.79. The number of rotatable bonds is 2. The van der Waals surface area contributed by atoms with Gasteiger partial charge in [-0.1, -0.05) is 22.4 Å². The van der Waals surface area contributed by atoms with Gasteiger partial charge in [-0.25, -0.2) is 9.40 Å². The first-order valence-electron chi connectivity index (χ1n) is 5.68. The summed E-state index contributed by atoms with van der Waals surface area (Å²) < 4.78 is 14.2. The lowest BCUT2D eigenvalue weighted by Crippen LogP contribution is -2.45. The van der Waals surface area contributed by atoms with E-state index in [0.29, 0.717) is 4.47 Å². The molecule has 92 valence electrons. The van der Waals surface area contributed by atoms with Crippen LogP contribution in [0.1, 0.15) is 29.6 Å². The highest BCUT2D eigenvalue weighted by molar-refractivity contribution is 9.10. The highest BCUT2D eigenvalue weighted by atomic mass is 79.9. The molecule has 0 atom stereocenters. The lowest BCUT2D eigenvalue weighted by Gasteiger charge is -2.26. The van der Waals surface area contributed by atoms with Gasteiger partial charge >= 0.3 is 0 Å². The zero-order chi connectivity index (χ0) is 12.3. The molecule has 1 amide bonds. The molecular weight excluding hydrogens is 287 g/mol. The normalized spacial score (nSPS) is 16.8. The monoisotopic (exact) mass is 300 g/mol. The molecule has 0 radical (unpaired) electrons. The van der Waals surface area contributed by atoms with E-state index in [9.17, 15) is 9.18 Å². The number of hydrogen-bond acceptors (Lipinski definition) is 2. The van der Waals surface area contributed by atoms with Crippen LogP contribution in [0.25, 0.3) is 0 Å². The van der Waals surface area contributed by atoms with Crippen LogP contribution in [0.15, 0.2) is 22.7 Å². The fourth-order valence-corrected chi connectivity index (χ4v) is 2.24. The summed E-state index contributed by atoms with van der Waals surface area (Å²) in [5, 5.41) is 1.85. The minimum Gasteiger partial charge on any atom is -0.285 e. The second-order valence-corrected chi connectivity index (χ2v) is 5.03. The summed E-state index contributed by atoms with van der Waals surface area (Å²) in [5.41, 5.74) is 2.81. The van der Waals surface area contributed by atoms with E-state index in [1.807, 2.05) is 5.01 Å². The van der Waals surface area contributed by atoms with Gasteiger partial charge in [0.25, 0.3) is 5.91 Å². The summed E-state index contributed by atoms with van der Waals surface area (Å²) in [5.74, 6) is -0.881. The average Bonchev–Trinajstić information content (AvgIpc) is 2.33. The second kappa shape index (κ2) is 5.60. The number of hydrogen-bond donors (Lipinski definition) is 1. The van der Waals surface area contributed by atoms with Gasteiger partial charge in [0, 0.05) is 17.6 Å². The Bertz CT molecular complexity index is 419. The van der Waals surface area contributed by atoms with Crippen molar-refractivity contribution in [2.75, 3.05) is 13.1 Å². The number of carbonyl (C=O) groups is 1. The molecule has 17 heavy (non-hydrogen) atoms. The summed E-state index contributed by atoms with van der Waals surface area (Å²) in [7, 11) is 0. The summed E-state index contributed by atoms with van der Waals surface area (Å²) in [6.45, 7) is 1.67. The molecule has 0 aliphatic carbocycles. The zero-order valence-electron chi connectivity index (χ0n) is 9.38. The quantitative estimate of drug-likeness (QED) is 0.911. The first kappa shape index (κ1) is 12.5. The predicted molar refractivity (Wildman–Crippen MR) is 67.0 cm³/mol. The van der Waals surface area contributed by atoms with Crippen molar-refractivity contribution in [1.82, 2.24) is 10.4 Å². The number of nitrogens with zero attached hydrogens (tertiary/aromatic N) is 1. The van der Waals surface area contributed by atoms with Crippen LogP contribution in [0.5, 0.6) is 0 Å². The van der Waals surface area contributed by atoms with Crippen LogP contribution in [-0.2, 0) is 0 Å². The van der Waals surface area contributed by atoms with Gasteiger partial charge in [-0.15, -0.1) is 0 Å². The van der Waals surface area contributed by atoms with E-state index < -0.39 is 5.82 Å². The Labute approximate surface area is 108 Å². The van der Waals surface area contributed by atoms with Crippen LogP contribution in [0.2, 0.25) is 0 Å². The minimum atomic E-state index is -0.497. The van der Waals surface area contributed by atoms with Crippen molar-refractivity contribution in [3.8, 4) is 0 Å². The fourth-order valence-electron chi connectivity index (χ4n) is 1.88. The molecule has 5 heteroatoms. The number of carbonyl (C=O) groups excluding carboxylic acids is 1. The van der Waals surface area contributed by atoms with Crippen molar-refractivity contribution in [3.63, 3.8) is 0 Å². The summed E-state index contributed by atoms with van der Waals surface area (Å²) >= 11 is 3.23. The van der Waals surface area contributed by atoms with E-state index in [-0.39, 0.29) is 11.5 Å². The standard InChI is InChI=1S/C12H14BrFN2O/c13-9-4-5-11(14)10(8-9)12(17)15-16-6-2-1-3-7-16/h4-5,8H,1-3,6-7H2,(H,15,17). The van der Waals surface area contributed by atoms with Crippen molar-refractivity contribution < 1.29 is 9.18 Å². The SMILES string of the molecule is O=C(NN1CCCCC1)c1cc(Br)ccc1F. The third-order valence-corrected chi connectivity index (χ3v) is 3.28. The smallest absolute Gasteiger partial charge is 0.268 e. The maximum Gasteiger partial charge on any atom is 0.268 e. The molecule has 3 nitrogen and oxygen atoms in total. The molecule has 1 aromatic rings. The Hall–Kier alpha value is -0.940. The molecule has 1 aromatic carbocycles. The van der Waals surface area contributed by atoms with Crippen molar-refractivity contribution in [3.05, 3.63) is 34.1 Å². The molecule has 0 saturated carbocycles. The van der Waals surface area contributed by atoms with Gasteiger partial charge in [0.2, 0.25) is 0 Å². The number of piperidine rings is 1. The van der Waals surface area contributed by atoms with E-state index in [0.717, 1.165) is 25.9 Å². The molecule has 1 heterocycles. The van der Waals surface area contributed by atoms with Crippen LogP contribution in [0.3, 0.4) is 0 Å². The van der Waals surface area contributed by atoms with E-state index >= 15 is 0 Å². The number of halogens is 2. The van der Waals surface area contributed by atoms with Crippen molar-refractivity contribution in [1.29, 1.82) is 0 Å². The Morgan fingerprint density at radius 1 is 1.29 bits per heavy atom. The van der Waals surface area contributed by atoms with Gasteiger partial charge in [-0.05, 0) is 31.0 Å². The van der Waals surface area contributed by atoms with Gasteiger partial charge in [0.05, 0.1) is 5.56 Å². The van der Waals surface area contributed by atoms with Gasteiger partial charge in [0.15, 0.2) is 0 Å². The zero-order valence-corrected chi connectivity index (χ0v) is 11.0. The molecule has 0 aromatic heterocycles. The van der Waals surface area contributed by atoms with Gasteiger partial charge < -0.3 is 0 Å². The van der Waals surface area contributed by atoms with Crippen molar-refractivity contribution in [2.45, 2.75) is 19.3 Å². The van der Waals surface area contributed by atoms with Crippen LogP contribution >= 0.6 is 15.9 Å². The maximum atomic E-state index is 13.5.